The second kappa shape index (κ2) is 9.25. The Labute approximate surface area is 131 Å². The predicted molar refractivity (Wildman–Crippen MR) is 92.6 cm³/mol. The molecule has 21 heavy (non-hydrogen) atoms. The van der Waals surface area contributed by atoms with Crippen molar-refractivity contribution in [3.05, 3.63) is 35.9 Å². The van der Waals surface area contributed by atoms with Crippen LogP contribution in [0, 0.1) is 5.92 Å². The zero-order valence-corrected chi connectivity index (χ0v) is 14.0. The van der Waals surface area contributed by atoms with Crippen LogP contribution in [0.1, 0.15) is 70.8 Å². The van der Waals surface area contributed by atoms with E-state index in [4.69, 9.17) is 0 Å². The van der Waals surface area contributed by atoms with Crippen molar-refractivity contribution in [2.75, 3.05) is 0 Å². The molecule has 1 aliphatic carbocycles. The van der Waals surface area contributed by atoms with Crippen LogP contribution in [0.5, 0.6) is 0 Å². The highest BCUT2D eigenvalue weighted by Crippen LogP contribution is 2.27. The first-order chi connectivity index (χ1) is 10.3. The standard InChI is InChI=1S/C20H33N/c1-3-8-18-11-7-12-20(16-15-18)21-17(2)13-14-19-9-5-4-6-10-19/h4-6,9-10,17-18,20-21H,3,7-8,11-16H2,1-2H3. The van der Waals surface area contributed by atoms with Crippen molar-refractivity contribution in [3.63, 3.8) is 0 Å². The van der Waals surface area contributed by atoms with Crippen molar-refractivity contribution in [3.8, 4) is 0 Å². The first-order valence-electron chi connectivity index (χ1n) is 9.08. The van der Waals surface area contributed by atoms with E-state index in [1.807, 2.05) is 0 Å². The molecule has 1 saturated carbocycles. The lowest BCUT2D eigenvalue weighted by Crippen LogP contribution is -2.36. The lowest BCUT2D eigenvalue weighted by Gasteiger charge is -2.22. The lowest BCUT2D eigenvalue weighted by molar-refractivity contribution is 0.380. The molecule has 1 N–H and O–H groups in total. The Bertz CT molecular complexity index is 373. The molecule has 1 nitrogen and oxygen atoms in total. The maximum atomic E-state index is 3.89. The van der Waals surface area contributed by atoms with Crippen molar-refractivity contribution in [1.82, 2.24) is 5.32 Å². The van der Waals surface area contributed by atoms with E-state index < -0.39 is 0 Å². The fraction of sp³-hybridized carbons (Fsp3) is 0.700. The molecule has 3 unspecified atom stereocenters. The van der Waals surface area contributed by atoms with Gasteiger partial charge < -0.3 is 5.32 Å². The van der Waals surface area contributed by atoms with Gasteiger partial charge in [0.05, 0.1) is 0 Å². The van der Waals surface area contributed by atoms with E-state index in [1.165, 1.54) is 63.4 Å². The first-order valence-corrected chi connectivity index (χ1v) is 9.08. The van der Waals surface area contributed by atoms with Gasteiger partial charge in [-0.3, -0.25) is 0 Å². The highest BCUT2D eigenvalue weighted by molar-refractivity contribution is 5.14. The third-order valence-corrected chi connectivity index (χ3v) is 5.01. The molecule has 2 rings (SSSR count). The van der Waals surface area contributed by atoms with Gasteiger partial charge in [0.2, 0.25) is 0 Å². The Morgan fingerprint density at radius 3 is 2.67 bits per heavy atom. The van der Waals surface area contributed by atoms with E-state index in [0.717, 1.165) is 12.0 Å². The van der Waals surface area contributed by atoms with Crippen molar-refractivity contribution in [2.45, 2.75) is 83.7 Å². The van der Waals surface area contributed by atoms with Gasteiger partial charge in [0.25, 0.3) is 0 Å². The molecule has 0 amide bonds. The Hall–Kier alpha value is -0.820. The number of nitrogens with one attached hydrogen (secondary N) is 1. The van der Waals surface area contributed by atoms with Crippen LogP contribution in [0.25, 0.3) is 0 Å². The maximum absolute atomic E-state index is 3.89. The summed E-state index contributed by atoms with van der Waals surface area (Å²) in [5.41, 5.74) is 1.47. The summed E-state index contributed by atoms with van der Waals surface area (Å²) in [4.78, 5) is 0. The van der Waals surface area contributed by atoms with Gasteiger partial charge in [0.1, 0.15) is 0 Å². The summed E-state index contributed by atoms with van der Waals surface area (Å²) in [5.74, 6) is 1.00. The first kappa shape index (κ1) is 16.5. The number of rotatable bonds is 7. The number of hydrogen-bond acceptors (Lipinski definition) is 1. The molecule has 1 fully saturated rings. The monoisotopic (exact) mass is 287 g/mol. The van der Waals surface area contributed by atoms with Crippen LogP contribution in [0.15, 0.2) is 30.3 Å². The van der Waals surface area contributed by atoms with Crippen LogP contribution in [0.3, 0.4) is 0 Å². The second-order valence-corrected chi connectivity index (χ2v) is 6.95. The maximum Gasteiger partial charge on any atom is 0.00696 e. The molecule has 0 bridgehead atoms. The Morgan fingerprint density at radius 1 is 1.10 bits per heavy atom. The molecule has 1 heteroatoms. The molecule has 1 aromatic carbocycles. The van der Waals surface area contributed by atoms with Crippen LogP contribution in [-0.4, -0.2) is 12.1 Å². The summed E-state index contributed by atoms with van der Waals surface area (Å²) in [7, 11) is 0. The molecule has 0 heterocycles. The molecule has 118 valence electrons. The highest BCUT2D eigenvalue weighted by Gasteiger charge is 2.19. The average Bonchev–Trinajstić information content (AvgIpc) is 2.72. The van der Waals surface area contributed by atoms with Gasteiger partial charge in [0, 0.05) is 12.1 Å². The van der Waals surface area contributed by atoms with Crippen LogP contribution >= 0.6 is 0 Å². The van der Waals surface area contributed by atoms with E-state index in [-0.39, 0.29) is 0 Å². The zero-order chi connectivity index (χ0) is 14.9. The highest BCUT2D eigenvalue weighted by atomic mass is 14.9. The SMILES string of the molecule is CCCC1CCCC(NC(C)CCc2ccccc2)CC1. The molecular weight excluding hydrogens is 254 g/mol. The summed E-state index contributed by atoms with van der Waals surface area (Å²) in [6, 6.07) is 12.3. The zero-order valence-electron chi connectivity index (χ0n) is 14.0. The molecule has 1 aliphatic rings. The topological polar surface area (TPSA) is 12.0 Å². The quantitative estimate of drug-likeness (QED) is 0.667. The molecule has 0 aliphatic heterocycles. The Morgan fingerprint density at radius 2 is 1.90 bits per heavy atom. The number of hydrogen-bond donors (Lipinski definition) is 1. The van der Waals surface area contributed by atoms with Gasteiger partial charge in [-0.2, -0.15) is 0 Å². The minimum atomic E-state index is 0.637. The van der Waals surface area contributed by atoms with Crippen LogP contribution in [-0.2, 0) is 6.42 Å². The minimum absolute atomic E-state index is 0.637. The van der Waals surface area contributed by atoms with E-state index in [2.05, 4.69) is 49.5 Å². The Kier molecular flexibility index (Phi) is 7.29. The van der Waals surface area contributed by atoms with Crippen molar-refractivity contribution in [2.24, 2.45) is 5.92 Å². The largest absolute Gasteiger partial charge is 0.311 e. The number of aryl methyl sites for hydroxylation is 1. The minimum Gasteiger partial charge on any atom is -0.311 e. The predicted octanol–water partition coefficient (Wildman–Crippen LogP) is 5.35. The third kappa shape index (κ3) is 6.22. The Balaban J connectivity index is 1.68. The van der Waals surface area contributed by atoms with Crippen molar-refractivity contribution < 1.29 is 0 Å². The average molecular weight is 287 g/mol. The smallest absolute Gasteiger partial charge is 0.00696 e. The molecule has 3 atom stereocenters. The molecule has 0 aromatic heterocycles. The fourth-order valence-corrected chi connectivity index (χ4v) is 3.76. The molecule has 0 saturated heterocycles. The van der Waals surface area contributed by atoms with Gasteiger partial charge >= 0.3 is 0 Å². The van der Waals surface area contributed by atoms with Gasteiger partial charge in [-0.05, 0) is 50.5 Å². The van der Waals surface area contributed by atoms with Gasteiger partial charge in [0.15, 0.2) is 0 Å². The number of benzene rings is 1. The summed E-state index contributed by atoms with van der Waals surface area (Å²) in [6.07, 6.45) is 12.3. The van der Waals surface area contributed by atoms with E-state index >= 15 is 0 Å². The fourth-order valence-electron chi connectivity index (χ4n) is 3.76. The van der Waals surface area contributed by atoms with E-state index in [1.54, 1.807) is 0 Å². The summed E-state index contributed by atoms with van der Waals surface area (Å²) < 4.78 is 0. The molecule has 1 aromatic rings. The van der Waals surface area contributed by atoms with E-state index in [0.29, 0.717) is 6.04 Å². The summed E-state index contributed by atoms with van der Waals surface area (Å²) in [6.45, 7) is 4.68. The normalized spacial score (nSPS) is 24.5. The molecule has 0 spiro atoms. The summed E-state index contributed by atoms with van der Waals surface area (Å²) in [5, 5.41) is 3.89. The molecular formula is C20H33N. The van der Waals surface area contributed by atoms with Crippen LogP contribution in [0.2, 0.25) is 0 Å². The van der Waals surface area contributed by atoms with E-state index in [9.17, 15) is 0 Å². The summed E-state index contributed by atoms with van der Waals surface area (Å²) >= 11 is 0. The lowest BCUT2D eigenvalue weighted by atomic mass is 9.95. The van der Waals surface area contributed by atoms with Crippen LogP contribution < -0.4 is 5.32 Å². The second-order valence-electron chi connectivity index (χ2n) is 6.95. The van der Waals surface area contributed by atoms with Crippen molar-refractivity contribution >= 4 is 0 Å². The van der Waals surface area contributed by atoms with Crippen LogP contribution in [0.4, 0.5) is 0 Å². The van der Waals surface area contributed by atoms with Gasteiger partial charge in [-0.25, -0.2) is 0 Å². The van der Waals surface area contributed by atoms with Gasteiger partial charge in [-0.1, -0.05) is 62.9 Å². The van der Waals surface area contributed by atoms with Gasteiger partial charge in [-0.15, -0.1) is 0 Å². The third-order valence-electron chi connectivity index (χ3n) is 5.01. The van der Waals surface area contributed by atoms with Crippen molar-refractivity contribution in [1.29, 1.82) is 0 Å². The molecule has 0 radical (unpaired) electrons.